The minimum atomic E-state index is 0.429. The third kappa shape index (κ3) is 1.61. The van der Waals surface area contributed by atoms with Gasteiger partial charge in [-0.1, -0.05) is 12.5 Å². The molecule has 0 aromatic carbocycles. The summed E-state index contributed by atoms with van der Waals surface area (Å²) >= 11 is 0. The summed E-state index contributed by atoms with van der Waals surface area (Å²) < 4.78 is 2.22. The smallest absolute Gasteiger partial charge is 0.130 e. The zero-order chi connectivity index (χ0) is 11.0. The van der Waals surface area contributed by atoms with Crippen molar-refractivity contribution in [3.8, 4) is 0 Å². The van der Waals surface area contributed by atoms with Gasteiger partial charge >= 0.3 is 0 Å². The minimum absolute atomic E-state index is 0.429. The van der Waals surface area contributed by atoms with Gasteiger partial charge in [0, 0.05) is 6.20 Å². The molecule has 2 aromatic rings. The van der Waals surface area contributed by atoms with E-state index in [1.54, 1.807) is 0 Å². The Kier molecular flexibility index (Phi) is 2.40. The zero-order valence-electron chi connectivity index (χ0n) is 9.61. The van der Waals surface area contributed by atoms with Crippen molar-refractivity contribution in [1.29, 1.82) is 0 Å². The Labute approximate surface area is 95.5 Å². The van der Waals surface area contributed by atoms with E-state index in [1.807, 2.05) is 6.20 Å². The SMILES string of the molecule is Cc1ccc2cnc(C3CCCCN3)n2c1. The number of rotatable bonds is 1. The van der Waals surface area contributed by atoms with Crippen LogP contribution in [-0.2, 0) is 0 Å². The quantitative estimate of drug-likeness (QED) is 0.791. The van der Waals surface area contributed by atoms with Crippen LogP contribution in [0.25, 0.3) is 5.52 Å². The molecule has 0 spiro atoms. The van der Waals surface area contributed by atoms with Crippen LogP contribution < -0.4 is 5.32 Å². The number of pyridine rings is 1. The number of imidazole rings is 1. The Morgan fingerprint density at radius 3 is 3.12 bits per heavy atom. The van der Waals surface area contributed by atoms with E-state index < -0.39 is 0 Å². The summed E-state index contributed by atoms with van der Waals surface area (Å²) in [7, 11) is 0. The molecule has 3 heterocycles. The lowest BCUT2D eigenvalue weighted by atomic mass is 10.0. The van der Waals surface area contributed by atoms with Crippen LogP contribution >= 0.6 is 0 Å². The summed E-state index contributed by atoms with van der Waals surface area (Å²) in [5, 5.41) is 3.55. The molecular weight excluding hydrogens is 198 g/mol. The first-order chi connectivity index (χ1) is 7.84. The van der Waals surface area contributed by atoms with Crippen molar-refractivity contribution in [1.82, 2.24) is 14.7 Å². The molecule has 1 aliphatic heterocycles. The van der Waals surface area contributed by atoms with Crippen LogP contribution in [0.15, 0.2) is 24.5 Å². The highest BCUT2D eigenvalue weighted by molar-refractivity contribution is 5.47. The second-order valence-corrected chi connectivity index (χ2v) is 4.62. The maximum atomic E-state index is 4.56. The van der Waals surface area contributed by atoms with E-state index in [0.29, 0.717) is 6.04 Å². The topological polar surface area (TPSA) is 29.3 Å². The number of hydrogen-bond acceptors (Lipinski definition) is 2. The molecule has 1 aliphatic rings. The molecule has 0 bridgehead atoms. The van der Waals surface area contributed by atoms with E-state index in [4.69, 9.17) is 0 Å². The Bertz CT molecular complexity index is 495. The number of fused-ring (bicyclic) bond motifs is 1. The first kappa shape index (κ1) is 9.85. The van der Waals surface area contributed by atoms with Crippen molar-refractivity contribution in [3.63, 3.8) is 0 Å². The van der Waals surface area contributed by atoms with Gasteiger partial charge in [0.15, 0.2) is 0 Å². The first-order valence-electron chi connectivity index (χ1n) is 6.01. The average molecular weight is 215 g/mol. The molecule has 3 nitrogen and oxygen atoms in total. The fourth-order valence-electron chi connectivity index (χ4n) is 2.45. The summed E-state index contributed by atoms with van der Waals surface area (Å²) in [6.45, 7) is 3.24. The first-order valence-corrected chi connectivity index (χ1v) is 6.01. The van der Waals surface area contributed by atoms with E-state index >= 15 is 0 Å². The number of hydrogen-bond donors (Lipinski definition) is 1. The minimum Gasteiger partial charge on any atom is -0.307 e. The van der Waals surface area contributed by atoms with Crippen LogP contribution in [0.3, 0.4) is 0 Å². The highest BCUT2D eigenvalue weighted by atomic mass is 15.1. The van der Waals surface area contributed by atoms with Crippen molar-refractivity contribution >= 4 is 5.52 Å². The molecule has 3 rings (SSSR count). The number of nitrogens with zero attached hydrogens (tertiary/aromatic N) is 2. The number of aromatic nitrogens is 2. The molecule has 3 heteroatoms. The number of nitrogens with one attached hydrogen (secondary N) is 1. The molecule has 0 aliphatic carbocycles. The third-order valence-electron chi connectivity index (χ3n) is 3.33. The maximum absolute atomic E-state index is 4.56. The van der Waals surface area contributed by atoms with Gasteiger partial charge in [-0.2, -0.15) is 0 Å². The highest BCUT2D eigenvalue weighted by Gasteiger charge is 2.18. The van der Waals surface area contributed by atoms with Crippen molar-refractivity contribution in [2.24, 2.45) is 0 Å². The molecule has 1 saturated heterocycles. The predicted molar refractivity (Wildman–Crippen MR) is 64.5 cm³/mol. The second kappa shape index (κ2) is 3.91. The van der Waals surface area contributed by atoms with Gasteiger partial charge in [-0.15, -0.1) is 0 Å². The van der Waals surface area contributed by atoms with E-state index in [9.17, 15) is 0 Å². The summed E-state index contributed by atoms with van der Waals surface area (Å²) in [6, 6.07) is 4.70. The van der Waals surface area contributed by atoms with Gasteiger partial charge < -0.3 is 9.72 Å². The Morgan fingerprint density at radius 1 is 1.38 bits per heavy atom. The van der Waals surface area contributed by atoms with E-state index in [2.05, 4.69) is 40.0 Å². The molecule has 1 N–H and O–H groups in total. The summed E-state index contributed by atoms with van der Waals surface area (Å²) in [4.78, 5) is 4.56. The Morgan fingerprint density at radius 2 is 2.31 bits per heavy atom. The number of piperidine rings is 1. The average Bonchev–Trinajstić information content (AvgIpc) is 2.73. The van der Waals surface area contributed by atoms with Crippen LogP contribution in [-0.4, -0.2) is 15.9 Å². The molecule has 84 valence electrons. The number of aryl methyl sites for hydroxylation is 1. The van der Waals surface area contributed by atoms with Crippen LogP contribution in [0.1, 0.15) is 36.7 Å². The summed E-state index contributed by atoms with van der Waals surface area (Å²) in [5.74, 6) is 1.17. The van der Waals surface area contributed by atoms with Gasteiger partial charge in [0.05, 0.1) is 17.8 Å². The Balaban J connectivity index is 2.05. The van der Waals surface area contributed by atoms with E-state index in [1.165, 1.54) is 36.2 Å². The fraction of sp³-hybridized carbons (Fsp3) is 0.462. The van der Waals surface area contributed by atoms with E-state index in [-0.39, 0.29) is 0 Å². The normalized spacial score (nSPS) is 21.4. The summed E-state index contributed by atoms with van der Waals surface area (Å²) in [5.41, 5.74) is 2.47. The van der Waals surface area contributed by atoms with Gasteiger partial charge in [-0.25, -0.2) is 4.98 Å². The molecule has 1 fully saturated rings. The molecular formula is C13H17N3. The van der Waals surface area contributed by atoms with Gasteiger partial charge in [-0.05, 0) is 37.9 Å². The largest absolute Gasteiger partial charge is 0.307 e. The molecule has 1 unspecified atom stereocenters. The van der Waals surface area contributed by atoms with Crippen LogP contribution in [0.4, 0.5) is 0 Å². The fourth-order valence-corrected chi connectivity index (χ4v) is 2.45. The summed E-state index contributed by atoms with van der Waals surface area (Å²) in [6.07, 6.45) is 7.93. The van der Waals surface area contributed by atoms with Crippen molar-refractivity contribution in [2.75, 3.05) is 6.54 Å². The van der Waals surface area contributed by atoms with E-state index in [0.717, 1.165) is 6.54 Å². The maximum Gasteiger partial charge on any atom is 0.130 e. The lowest BCUT2D eigenvalue weighted by molar-refractivity contribution is 0.396. The standard InChI is InChI=1S/C13H17N3/c1-10-5-6-11-8-15-13(16(11)9-10)12-4-2-3-7-14-12/h5-6,8-9,12,14H,2-4,7H2,1H3. The lowest BCUT2D eigenvalue weighted by Crippen LogP contribution is -2.28. The van der Waals surface area contributed by atoms with Crippen LogP contribution in [0, 0.1) is 6.92 Å². The molecule has 16 heavy (non-hydrogen) atoms. The molecule has 0 amide bonds. The van der Waals surface area contributed by atoms with Gasteiger partial charge in [0.2, 0.25) is 0 Å². The predicted octanol–water partition coefficient (Wildman–Crippen LogP) is 2.46. The monoisotopic (exact) mass is 215 g/mol. The molecule has 2 aromatic heterocycles. The van der Waals surface area contributed by atoms with Gasteiger partial charge in [-0.3, -0.25) is 0 Å². The van der Waals surface area contributed by atoms with Gasteiger partial charge in [0.25, 0.3) is 0 Å². The third-order valence-corrected chi connectivity index (χ3v) is 3.33. The molecule has 0 radical (unpaired) electrons. The van der Waals surface area contributed by atoms with Crippen LogP contribution in [0.2, 0.25) is 0 Å². The zero-order valence-corrected chi connectivity index (χ0v) is 9.61. The molecule has 0 saturated carbocycles. The van der Waals surface area contributed by atoms with Crippen molar-refractivity contribution in [2.45, 2.75) is 32.2 Å². The van der Waals surface area contributed by atoms with Crippen LogP contribution in [0.5, 0.6) is 0 Å². The van der Waals surface area contributed by atoms with Gasteiger partial charge in [0.1, 0.15) is 5.82 Å². The molecule has 1 atom stereocenters. The lowest BCUT2D eigenvalue weighted by Gasteiger charge is -2.22. The van der Waals surface area contributed by atoms with Crippen molar-refractivity contribution in [3.05, 3.63) is 35.9 Å². The van der Waals surface area contributed by atoms with Crippen molar-refractivity contribution < 1.29 is 0 Å². The highest BCUT2D eigenvalue weighted by Crippen LogP contribution is 2.23. The Hall–Kier alpha value is -1.35. The second-order valence-electron chi connectivity index (χ2n) is 4.62.